The highest BCUT2D eigenvalue weighted by atomic mass is 16.6. The van der Waals surface area contributed by atoms with Crippen LogP contribution in [0.3, 0.4) is 0 Å². The van der Waals surface area contributed by atoms with Gasteiger partial charge in [-0.2, -0.15) is 5.26 Å². The van der Waals surface area contributed by atoms with Crippen molar-refractivity contribution < 1.29 is 23.8 Å². The predicted octanol–water partition coefficient (Wildman–Crippen LogP) is 4.20. The van der Waals surface area contributed by atoms with Crippen molar-refractivity contribution in [3.8, 4) is 23.3 Å². The van der Waals surface area contributed by atoms with Gasteiger partial charge >= 0.3 is 5.97 Å². The standard InChI is InChI=1S/C25H28N2O5/c1-17(2)27-25(29)20(16-26)14-19-9-12-22(23(15-19)30-4)32-24(28)6-5-13-31-21-10-7-18(3)8-11-21/h7-12,14-15,17H,5-6,13H2,1-4H3,(H,27,29). The Morgan fingerprint density at radius 1 is 1.12 bits per heavy atom. The summed E-state index contributed by atoms with van der Waals surface area (Å²) in [7, 11) is 1.45. The van der Waals surface area contributed by atoms with Gasteiger partial charge in [0, 0.05) is 12.5 Å². The minimum Gasteiger partial charge on any atom is -0.494 e. The van der Waals surface area contributed by atoms with Crippen LogP contribution in [-0.2, 0) is 9.59 Å². The maximum absolute atomic E-state index is 12.2. The number of ether oxygens (including phenoxy) is 3. The quantitative estimate of drug-likeness (QED) is 0.197. The van der Waals surface area contributed by atoms with Gasteiger partial charge in [-0.3, -0.25) is 9.59 Å². The van der Waals surface area contributed by atoms with E-state index < -0.39 is 11.9 Å². The second-order valence-corrected chi connectivity index (χ2v) is 7.45. The molecule has 0 aliphatic carbocycles. The molecule has 0 fully saturated rings. The molecule has 0 aliphatic heterocycles. The Morgan fingerprint density at radius 2 is 1.84 bits per heavy atom. The van der Waals surface area contributed by atoms with E-state index in [1.807, 2.05) is 51.1 Å². The lowest BCUT2D eigenvalue weighted by Crippen LogP contribution is -2.30. The summed E-state index contributed by atoms with van der Waals surface area (Å²) in [6, 6.07) is 14.3. The summed E-state index contributed by atoms with van der Waals surface area (Å²) in [6.07, 6.45) is 2.14. The van der Waals surface area contributed by atoms with Gasteiger partial charge in [0.25, 0.3) is 5.91 Å². The molecule has 0 saturated heterocycles. The Kier molecular flexibility index (Phi) is 9.30. The van der Waals surface area contributed by atoms with Crippen LogP contribution in [0.25, 0.3) is 6.08 Å². The first-order valence-electron chi connectivity index (χ1n) is 10.3. The highest BCUT2D eigenvalue weighted by Gasteiger charge is 2.13. The minimum absolute atomic E-state index is 0.0286. The van der Waals surface area contributed by atoms with Crippen LogP contribution >= 0.6 is 0 Å². The van der Waals surface area contributed by atoms with Crippen LogP contribution < -0.4 is 19.5 Å². The Morgan fingerprint density at radius 3 is 2.47 bits per heavy atom. The fraction of sp³-hybridized carbons (Fsp3) is 0.320. The predicted molar refractivity (Wildman–Crippen MR) is 121 cm³/mol. The molecular weight excluding hydrogens is 408 g/mol. The molecule has 1 amide bonds. The average Bonchev–Trinajstić information content (AvgIpc) is 2.76. The van der Waals surface area contributed by atoms with E-state index in [1.165, 1.54) is 13.2 Å². The summed E-state index contributed by atoms with van der Waals surface area (Å²) in [5.74, 6) is 0.481. The van der Waals surface area contributed by atoms with E-state index in [-0.39, 0.29) is 23.8 Å². The first-order valence-corrected chi connectivity index (χ1v) is 10.3. The average molecular weight is 437 g/mol. The third kappa shape index (κ3) is 7.80. The summed E-state index contributed by atoms with van der Waals surface area (Å²) in [6.45, 7) is 6.03. The van der Waals surface area contributed by atoms with E-state index in [0.717, 1.165) is 11.3 Å². The van der Waals surface area contributed by atoms with E-state index in [4.69, 9.17) is 14.2 Å². The van der Waals surface area contributed by atoms with Crippen molar-refractivity contribution in [1.82, 2.24) is 5.32 Å². The zero-order valence-electron chi connectivity index (χ0n) is 18.8. The second-order valence-electron chi connectivity index (χ2n) is 7.45. The molecule has 2 aromatic carbocycles. The topological polar surface area (TPSA) is 97.6 Å². The van der Waals surface area contributed by atoms with Gasteiger partial charge in [0.05, 0.1) is 13.7 Å². The van der Waals surface area contributed by atoms with E-state index >= 15 is 0 Å². The van der Waals surface area contributed by atoms with Crippen molar-refractivity contribution in [3.05, 3.63) is 59.2 Å². The molecule has 0 heterocycles. The van der Waals surface area contributed by atoms with Gasteiger partial charge < -0.3 is 19.5 Å². The lowest BCUT2D eigenvalue weighted by Gasteiger charge is -2.11. The number of amides is 1. The molecule has 1 N–H and O–H groups in total. The number of hydrogen-bond acceptors (Lipinski definition) is 6. The molecule has 2 rings (SSSR count). The van der Waals surface area contributed by atoms with E-state index in [2.05, 4.69) is 5.32 Å². The number of rotatable bonds is 10. The molecule has 2 aromatic rings. The lowest BCUT2D eigenvalue weighted by molar-refractivity contribution is -0.134. The first-order chi connectivity index (χ1) is 15.3. The van der Waals surface area contributed by atoms with Crippen LogP contribution in [0.5, 0.6) is 17.2 Å². The highest BCUT2D eigenvalue weighted by molar-refractivity contribution is 6.01. The third-order valence-corrected chi connectivity index (χ3v) is 4.32. The minimum atomic E-state index is -0.454. The number of benzene rings is 2. The van der Waals surface area contributed by atoms with Gasteiger partial charge in [0.2, 0.25) is 0 Å². The molecule has 0 aliphatic rings. The molecule has 0 spiro atoms. The first kappa shape index (κ1) is 24.5. The molecule has 0 unspecified atom stereocenters. The zero-order valence-corrected chi connectivity index (χ0v) is 18.8. The smallest absolute Gasteiger partial charge is 0.311 e. The van der Waals surface area contributed by atoms with Gasteiger partial charge in [0.15, 0.2) is 11.5 Å². The van der Waals surface area contributed by atoms with E-state index in [9.17, 15) is 14.9 Å². The molecule has 0 atom stereocenters. The Labute approximate surface area is 188 Å². The number of carbonyl (C=O) groups is 2. The maximum atomic E-state index is 12.2. The summed E-state index contributed by atoms with van der Waals surface area (Å²) < 4.78 is 16.3. The Hall–Kier alpha value is -3.79. The monoisotopic (exact) mass is 436 g/mol. The summed E-state index contributed by atoms with van der Waals surface area (Å²) in [4.78, 5) is 24.3. The van der Waals surface area contributed by atoms with Gasteiger partial charge in [-0.1, -0.05) is 23.8 Å². The van der Waals surface area contributed by atoms with Crippen molar-refractivity contribution in [2.45, 2.75) is 39.7 Å². The normalized spacial score (nSPS) is 10.9. The Bertz CT molecular complexity index is 1000. The molecule has 7 nitrogen and oxygen atoms in total. The van der Waals surface area contributed by atoms with Gasteiger partial charge in [-0.15, -0.1) is 0 Å². The number of aryl methyl sites for hydroxylation is 1. The van der Waals surface area contributed by atoms with Crippen molar-refractivity contribution in [2.75, 3.05) is 13.7 Å². The van der Waals surface area contributed by atoms with Crippen molar-refractivity contribution in [2.24, 2.45) is 0 Å². The van der Waals surface area contributed by atoms with E-state index in [1.54, 1.807) is 18.2 Å². The number of nitrogens with one attached hydrogen (secondary N) is 1. The van der Waals surface area contributed by atoms with Crippen molar-refractivity contribution in [3.63, 3.8) is 0 Å². The molecule has 168 valence electrons. The van der Waals surface area contributed by atoms with E-state index in [0.29, 0.717) is 24.3 Å². The number of nitrogens with zero attached hydrogens (tertiary/aromatic N) is 1. The summed E-state index contributed by atoms with van der Waals surface area (Å²) in [5.41, 5.74) is 1.70. The highest BCUT2D eigenvalue weighted by Crippen LogP contribution is 2.29. The number of nitriles is 1. The van der Waals surface area contributed by atoms with Crippen LogP contribution in [0.2, 0.25) is 0 Å². The lowest BCUT2D eigenvalue weighted by atomic mass is 10.1. The number of hydrogen-bond donors (Lipinski definition) is 1. The van der Waals surface area contributed by atoms with Crippen LogP contribution in [0, 0.1) is 18.3 Å². The van der Waals surface area contributed by atoms with Crippen LogP contribution in [-0.4, -0.2) is 31.6 Å². The maximum Gasteiger partial charge on any atom is 0.311 e. The van der Waals surface area contributed by atoms with Crippen molar-refractivity contribution in [1.29, 1.82) is 5.26 Å². The van der Waals surface area contributed by atoms with Crippen LogP contribution in [0.1, 0.15) is 37.8 Å². The third-order valence-electron chi connectivity index (χ3n) is 4.32. The van der Waals surface area contributed by atoms with Gasteiger partial charge in [0.1, 0.15) is 17.4 Å². The number of methoxy groups -OCH3 is 1. The van der Waals surface area contributed by atoms with Crippen molar-refractivity contribution >= 4 is 18.0 Å². The fourth-order valence-corrected chi connectivity index (χ4v) is 2.73. The molecule has 0 aromatic heterocycles. The van der Waals surface area contributed by atoms with Crippen LogP contribution in [0.4, 0.5) is 0 Å². The summed E-state index contributed by atoms with van der Waals surface area (Å²) >= 11 is 0. The van der Waals surface area contributed by atoms with Gasteiger partial charge in [-0.05, 0) is 63.1 Å². The number of esters is 1. The largest absolute Gasteiger partial charge is 0.494 e. The number of carbonyl (C=O) groups excluding carboxylic acids is 2. The molecule has 0 bridgehead atoms. The summed E-state index contributed by atoms with van der Waals surface area (Å²) in [5, 5.41) is 11.9. The molecule has 32 heavy (non-hydrogen) atoms. The molecule has 7 heteroatoms. The van der Waals surface area contributed by atoms with Crippen LogP contribution in [0.15, 0.2) is 48.0 Å². The second kappa shape index (κ2) is 12.2. The molecule has 0 saturated carbocycles. The Balaban J connectivity index is 1.94. The van der Waals surface area contributed by atoms with Gasteiger partial charge in [-0.25, -0.2) is 0 Å². The molecule has 0 radical (unpaired) electrons. The molecular formula is C25H28N2O5. The fourth-order valence-electron chi connectivity index (χ4n) is 2.73. The zero-order chi connectivity index (χ0) is 23.5. The SMILES string of the molecule is COc1cc(C=C(C#N)C(=O)NC(C)C)ccc1OC(=O)CCCOc1ccc(C)cc1.